The molecule has 0 aliphatic heterocycles. The van der Waals surface area contributed by atoms with E-state index in [1.54, 1.807) is 30.0 Å². The normalized spacial score (nSPS) is 11.1. The number of para-hydroxylation sites is 1. The van der Waals surface area contributed by atoms with Crippen molar-refractivity contribution in [1.82, 2.24) is 4.98 Å². The third-order valence-electron chi connectivity index (χ3n) is 3.36. The molecule has 8 heteroatoms. The van der Waals surface area contributed by atoms with Crippen molar-refractivity contribution in [2.75, 3.05) is 11.6 Å². The van der Waals surface area contributed by atoms with Crippen LogP contribution in [0.5, 0.6) is 0 Å². The van der Waals surface area contributed by atoms with Crippen molar-refractivity contribution < 1.29 is 9.72 Å². The van der Waals surface area contributed by atoms with Crippen molar-refractivity contribution in [3.8, 4) is 0 Å². The fourth-order valence-corrected chi connectivity index (χ4v) is 3.69. The van der Waals surface area contributed by atoms with Gasteiger partial charge in [0.2, 0.25) is 5.91 Å². The number of carbonyl (C=O) groups excluding carboxylic acids is 1. The second-order valence-corrected chi connectivity index (χ2v) is 6.88. The maximum Gasteiger partial charge on any atom is 0.269 e. The molecule has 0 radical (unpaired) electrons. The van der Waals surface area contributed by atoms with E-state index in [1.807, 2.05) is 24.5 Å². The maximum atomic E-state index is 12.0. The number of nitro benzene ring substituents is 1. The van der Waals surface area contributed by atoms with Crippen LogP contribution in [0.25, 0.3) is 16.3 Å². The van der Waals surface area contributed by atoms with Crippen LogP contribution in [0.15, 0.2) is 53.4 Å². The lowest BCUT2D eigenvalue weighted by Crippen LogP contribution is -2.07. The average Bonchev–Trinajstić information content (AvgIpc) is 3.02. The number of fused-ring (bicyclic) bond motifs is 1. The van der Waals surface area contributed by atoms with Crippen molar-refractivity contribution in [2.24, 2.45) is 0 Å². The van der Waals surface area contributed by atoms with Gasteiger partial charge >= 0.3 is 0 Å². The molecular weight excluding hydrogens is 358 g/mol. The molecule has 1 heterocycles. The van der Waals surface area contributed by atoms with Crippen molar-refractivity contribution in [2.45, 2.75) is 4.90 Å². The highest BCUT2D eigenvalue weighted by Crippen LogP contribution is 2.32. The molecule has 0 bridgehead atoms. The topological polar surface area (TPSA) is 85.1 Å². The summed E-state index contributed by atoms with van der Waals surface area (Å²) in [7, 11) is 0. The number of nitrogens with one attached hydrogen (secondary N) is 1. The molecule has 25 heavy (non-hydrogen) atoms. The molecule has 1 amide bonds. The van der Waals surface area contributed by atoms with Crippen LogP contribution in [0.2, 0.25) is 0 Å². The number of nitro groups is 1. The molecule has 0 saturated heterocycles. The van der Waals surface area contributed by atoms with E-state index in [1.165, 1.54) is 29.5 Å². The summed E-state index contributed by atoms with van der Waals surface area (Å²) in [6, 6.07) is 11.9. The van der Waals surface area contributed by atoms with Crippen molar-refractivity contribution in [3.05, 3.63) is 64.2 Å². The van der Waals surface area contributed by atoms with Crippen LogP contribution in [0, 0.1) is 10.1 Å². The Hall–Kier alpha value is -2.71. The largest absolute Gasteiger partial charge is 0.298 e. The highest BCUT2D eigenvalue weighted by molar-refractivity contribution is 7.98. The SMILES string of the molecule is CSc1cccc2sc(NC(=O)/C=C\c3ccc([N+](=O)[O-])cc3)nc12. The number of benzene rings is 2. The molecule has 126 valence electrons. The molecule has 1 aromatic heterocycles. The van der Waals surface area contributed by atoms with E-state index < -0.39 is 4.92 Å². The number of rotatable bonds is 5. The van der Waals surface area contributed by atoms with E-state index in [-0.39, 0.29) is 11.6 Å². The first-order valence-electron chi connectivity index (χ1n) is 7.24. The number of hydrogen-bond acceptors (Lipinski definition) is 6. The van der Waals surface area contributed by atoms with Crippen LogP contribution < -0.4 is 5.32 Å². The number of non-ortho nitro benzene ring substituents is 1. The van der Waals surface area contributed by atoms with Gasteiger partial charge in [-0.2, -0.15) is 0 Å². The fraction of sp³-hybridized carbons (Fsp3) is 0.0588. The predicted octanol–water partition coefficient (Wildman–Crippen LogP) is 4.58. The number of amides is 1. The second kappa shape index (κ2) is 7.45. The van der Waals surface area contributed by atoms with Gasteiger partial charge in [0.25, 0.3) is 5.69 Å². The summed E-state index contributed by atoms with van der Waals surface area (Å²) in [6.07, 6.45) is 4.96. The molecule has 6 nitrogen and oxygen atoms in total. The fourth-order valence-electron chi connectivity index (χ4n) is 2.17. The zero-order valence-electron chi connectivity index (χ0n) is 13.1. The summed E-state index contributed by atoms with van der Waals surface area (Å²) in [6.45, 7) is 0. The van der Waals surface area contributed by atoms with Crippen LogP contribution in [0.4, 0.5) is 10.8 Å². The third kappa shape index (κ3) is 4.04. The van der Waals surface area contributed by atoms with E-state index in [9.17, 15) is 14.9 Å². The Morgan fingerprint density at radius 3 is 2.72 bits per heavy atom. The molecule has 0 aliphatic rings. The Morgan fingerprint density at radius 2 is 2.04 bits per heavy atom. The predicted molar refractivity (Wildman–Crippen MR) is 102 cm³/mol. The smallest absolute Gasteiger partial charge is 0.269 e. The first-order valence-corrected chi connectivity index (χ1v) is 9.28. The van der Waals surface area contributed by atoms with Gasteiger partial charge in [0.15, 0.2) is 5.13 Å². The molecule has 0 atom stereocenters. The molecule has 0 saturated carbocycles. The zero-order chi connectivity index (χ0) is 17.8. The van der Waals surface area contributed by atoms with E-state index in [4.69, 9.17) is 0 Å². The van der Waals surface area contributed by atoms with Gasteiger partial charge in [-0.1, -0.05) is 17.4 Å². The summed E-state index contributed by atoms with van der Waals surface area (Å²) in [4.78, 5) is 27.7. The van der Waals surface area contributed by atoms with E-state index in [2.05, 4.69) is 10.3 Å². The van der Waals surface area contributed by atoms with Gasteiger partial charge in [0, 0.05) is 23.1 Å². The van der Waals surface area contributed by atoms with Gasteiger partial charge < -0.3 is 0 Å². The van der Waals surface area contributed by atoms with Crippen LogP contribution in [0.3, 0.4) is 0 Å². The molecule has 0 unspecified atom stereocenters. The van der Waals surface area contributed by atoms with Crippen LogP contribution >= 0.6 is 23.1 Å². The molecule has 0 spiro atoms. The number of nitrogens with zero attached hydrogens (tertiary/aromatic N) is 2. The number of aromatic nitrogens is 1. The Morgan fingerprint density at radius 1 is 1.28 bits per heavy atom. The molecular formula is C17H13N3O3S2. The Bertz CT molecular complexity index is 965. The summed E-state index contributed by atoms with van der Waals surface area (Å²) in [5, 5.41) is 13.9. The van der Waals surface area contributed by atoms with E-state index >= 15 is 0 Å². The third-order valence-corrected chi connectivity index (χ3v) is 5.07. The van der Waals surface area contributed by atoms with Gasteiger partial charge in [0.1, 0.15) is 0 Å². The second-order valence-electron chi connectivity index (χ2n) is 5.00. The average molecular weight is 371 g/mol. The highest BCUT2D eigenvalue weighted by Gasteiger charge is 2.09. The molecule has 1 N–H and O–H groups in total. The van der Waals surface area contributed by atoms with Gasteiger partial charge in [-0.3, -0.25) is 20.2 Å². The van der Waals surface area contributed by atoms with Gasteiger partial charge in [0.05, 0.1) is 15.1 Å². The lowest BCUT2D eigenvalue weighted by atomic mass is 10.2. The van der Waals surface area contributed by atoms with Crippen LogP contribution in [-0.2, 0) is 4.79 Å². The minimum absolute atomic E-state index is 0.0145. The molecule has 3 rings (SSSR count). The minimum Gasteiger partial charge on any atom is -0.298 e. The van der Waals surface area contributed by atoms with E-state index in [0.29, 0.717) is 10.7 Å². The lowest BCUT2D eigenvalue weighted by Gasteiger charge is -1.96. The first kappa shape index (κ1) is 17.1. The quantitative estimate of drug-likeness (QED) is 0.307. The van der Waals surface area contributed by atoms with Gasteiger partial charge in [-0.25, -0.2) is 4.98 Å². The first-order chi connectivity index (χ1) is 12.1. The number of hydrogen-bond donors (Lipinski definition) is 1. The van der Waals surface area contributed by atoms with Crippen molar-refractivity contribution in [1.29, 1.82) is 0 Å². The monoisotopic (exact) mass is 371 g/mol. The highest BCUT2D eigenvalue weighted by atomic mass is 32.2. The summed E-state index contributed by atoms with van der Waals surface area (Å²) >= 11 is 3.03. The Labute approximate surface area is 151 Å². The van der Waals surface area contributed by atoms with Gasteiger partial charge in [-0.05, 0) is 42.2 Å². The van der Waals surface area contributed by atoms with E-state index in [0.717, 1.165) is 15.1 Å². The molecule has 0 aliphatic carbocycles. The van der Waals surface area contributed by atoms with Crippen LogP contribution in [0.1, 0.15) is 5.56 Å². The summed E-state index contributed by atoms with van der Waals surface area (Å²) in [5.41, 5.74) is 1.60. The molecule has 3 aromatic rings. The zero-order valence-corrected chi connectivity index (χ0v) is 14.8. The summed E-state index contributed by atoms with van der Waals surface area (Å²) < 4.78 is 1.02. The number of thioether (sulfide) groups is 1. The van der Waals surface area contributed by atoms with Gasteiger partial charge in [-0.15, -0.1) is 11.8 Å². The van der Waals surface area contributed by atoms with Crippen molar-refractivity contribution in [3.63, 3.8) is 0 Å². The Balaban J connectivity index is 1.71. The number of thiazole rings is 1. The molecule has 2 aromatic carbocycles. The number of carbonyl (C=O) groups is 1. The maximum absolute atomic E-state index is 12.0. The minimum atomic E-state index is -0.462. The lowest BCUT2D eigenvalue weighted by molar-refractivity contribution is -0.384. The number of anilines is 1. The molecule has 0 fully saturated rings. The van der Waals surface area contributed by atoms with Crippen LogP contribution in [-0.4, -0.2) is 22.1 Å². The Kier molecular flexibility index (Phi) is 5.11. The summed E-state index contributed by atoms with van der Waals surface area (Å²) in [5.74, 6) is -0.303. The van der Waals surface area contributed by atoms with Crippen molar-refractivity contribution >= 4 is 56.1 Å². The standard InChI is InChI=1S/C17H13N3O3S2/c1-24-13-3-2-4-14-16(13)19-17(25-14)18-15(21)10-7-11-5-8-12(9-6-11)20(22)23/h2-10H,1H3,(H,18,19,21)/b10-7-.